The fourth-order valence-electron chi connectivity index (χ4n) is 4.84. The Balaban J connectivity index is 4.31. The molecule has 0 fully saturated rings. The van der Waals surface area contributed by atoms with E-state index in [-0.39, 0.29) is 25.8 Å². The normalized spacial score (nSPS) is 14.1. The molecule has 2 atom stereocenters. The Morgan fingerprint density at radius 3 is 1.53 bits per heavy atom. The van der Waals surface area contributed by atoms with Crippen LogP contribution in [0.25, 0.3) is 0 Å². The average molecular weight is 636 g/mol. The van der Waals surface area contributed by atoms with Gasteiger partial charge in [-0.1, -0.05) is 136 Å². The summed E-state index contributed by atoms with van der Waals surface area (Å²) >= 11 is 0. The molecule has 0 rings (SSSR count). The van der Waals surface area contributed by atoms with Gasteiger partial charge in [0, 0.05) is 13.0 Å². The van der Waals surface area contributed by atoms with Crippen molar-refractivity contribution in [3.05, 3.63) is 0 Å². The van der Waals surface area contributed by atoms with Crippen molar-refractivity contribution in [2.45, 2.75) is 161 Å². The van der Waals surface area contributed by atoms with Gasteiger partial charge in [-0.25, -0.2) is 0 Å². The molecular weight excluding hydrogens is 565 g/mol. The van der Waals surface area contributed by atoms with E-state index in [2.05, 4.69) is 13.8 Å². The summed E-state index contributed by atoms with van der Waals surface area (Å²) in [6, 6.07) is 0. The van der Waals surface area contributed by atoms with Crippen LogP contribution >= 0.6 is 7.82 Å². The van der Waals surface area contributed by atoms with Gasteiger partial charge in [-0.2, -0.15) is 0 Å². The summed E-state index contributed by atoms with van der Waals surface area (Å²) in [5.74, 6) is -0.334. The number of carbonyl (C=O) groups is 1. The molecule has 43 heavy (non-hydrogen) atoms. The van der Waals surface area contributed by atoms with E-state index < -0.39 is 13.9 Å². The number of carbonyl (C=O) groups excluding carboxylic acids is 1. The van der Waals surface area contributed by atoms with Crippen LogP contribution in [-0.2, 0) is 27.9 Å². The number of ether oxygens (including phenoxy) is 2. The Hall–Kier alpha value is -0.500. The van der Waals surface area contributed by atoms with Gasteiger partial charge < -0.3 is 27.9 Å². The van der Waals surface area contributed by atoms with Crippen molar-refractivity contribution in [2.75, 3.05) is 54.1 Å². The first-order valence-electron chi connectivity index (χ1n) is 17.8. The van der Waals surface area contributed by atoms with Gasteiger partial charge in [0.2, 0.25) is 0 Å². The molecule has 0 amide bonds. The molecule has 0 saturated carbocycles. The molecule has 0 aromatic rings. The summed E-state index contributed by atoms with van der Waals surface area (Å²) in [6.07, 6.45) is 25.3. The predicted octanol–water partition coefficient (Wildman–Crippen LogP) is 8.74. The lowest BCUT2D eigenvalue weighted by molar-refractivity contribution is -0.870. The van der Waals surface area contributed by atoms with Crippen molar-refractivity contribution >= 4 is 13.8 Å². The molecule has 0 aromatic heterocycles. The van der Waals surface area contributed by atoms with Gasteiger partial charge in [0.1, 0.15) is 19.3 Å². The van der Waals surface area contributed by atoms with Crippen LogP contribution in [0.2, 0.25) is 0 Å². The van der Waals surface area contributed by atoms with Crippen molar-refractivity contribution in [3.8, 4) is 0 Å². The van der Waals surface area contributed by atoms with Gasteiger partial charge in [0.15, 0.2) is 0 Å². The maximum absolute atomic E-state index is 12.5. The fraction of sp³-hybridized carbons (Fsp3) is 0.971. The maximum Gasteiger partial charge on any atom is 0.306 e. The van der Waals surface area contributed by atoms with Crippen molar-refractivity contribution in [1.29, 1.82) is 0 Å². The van der Waals surface area contributed by atoms with E-state index in [4.69, 9.17) is 18.5 Å². The maximum atomic E-state index is 12.5. The Morgan fingerprint density at radius 1 is 0.628 bits per heavy atom. The Bertz CT molecular complexity index is 672. The van der Waals surface area contributed by atoms with Crippen LogP contribution in [0, 0.1) is 0 Å². The van der Waals surface area contributed by atoms with Crippen LogP contribution in [0.3, 0.4) is 0 Å². The lowest BCUT2D eigenvalue weighted by Gasteiger charge is -2.28. The fourth-order valence-corrected chi connectivity index (χ4v) is 5.57. The molecular formula is C34H70NO7P. The van der Waals surface area contributed by atoms with Gasteiger partial charge in [-0.05, 0) is 12.8 Å². The third kappa shape index (κ3) is 32.7. The van der Waals surface area contributed by atoms with E-state index >= 15 is 0 Å². The third-order valence-corrected chi connectivity index (χ3v) is 8.62. The van der Waals surface area contributed by atoms with E-state index in [1.165, 1.54) is 103 Å². The molecule has 0 saturated heterocycles. The van der Waals surface area contributed by atoms with E-state index in [1.807, 2.05) is 21.1 Å². The molecule has 0 spiro atoms. The largest absolute Gasteiger partial charge is 0.756 e. The first-order chi connectivity index (χ1) is 20.6. The van der Waals surface area contributed by atoms with Gasteiger partial charge in [0.05, 0.1) is 34.4 Å². The summed E-state index contributed by atoms with van der Waals surface area (Å²) in [4.78, 5) is 24.8. The molecule has 8 nitrogen and oxygen atoms in total. The molecule has 258 valence electrons. The van der Waals surface area contributed by atoms with Crippen molar-refractivity contribution in [1.82, 2.24) is 0 Å². The highest BCUT2D eigenvalue weighted by molar-refractivity contribution is 7.45. The lowest BCUT2D eigenvalue weighted by Crippen LogP contribution is -2.37. The number of phosphoric acid groups is 1. The summed E-state index contributed by atoms with van der Waals surface area (Å²) in [5, 5.41) is 0. The highest BCUT2D eigenvalue weighted by Gasteiger charge is 2.20. The van der Waals surface area contributed by atoms with Crippen LogP contribution in [0.5, 0.6) is 0 Å². The third-order valence-electron chi connectivity index (χ3n) is 7.66. The van der Waals surface area contributed by atoms with Crippen molar-refractivity contribution < 1.29 is 37.3 Å². The number of phosphoric ester groups is 1. The van der Waals surface area contributed by atoms with E-state index in [0.717, 1.165) is 32.1 Å². The zero-order chi connectivity index (χ0) is 32.1. The Morgan fingerprint density at radius 2 is 1.07 bits per heavy atom. The first-order valence-corrected chi connectivity index (χ1v) is 19.2. The summed E-state index contributed by atoms with van der Waals surface area (Å²) in [7, 11) is 1.37. The summed E-state index contributed by atoms with van der Waals surface area (Å²) in [6.45, 7) is 5.40. The second-order valence-electron chi connectivity index (χ2n) is 13.2. The first kappa shape index (κ1) is 42.5. The number of esters is 1. The number of likely N-dealkylation sites (N-methyl/N-ethyl adjacent to an activating group) is 1. The molecule has 2 unspecified atom stereocenters. The summed E-state index contributed by atoms with van der Waals surface area (Å²) in [5.41, 5.74) is 0. The molecule has 0 aliphatic carbocycles. The zero-order valence-corrected chi connectivity index (χ0v) is 29.8. The number of hydrogen-bond donors (Lipinski definition) is 0. The second-order valence-corrected chi connectivity index (χ2v) is 14.7. The quantitative estimate of drug-likeness (QED) is 0.0308. The van der Waals surface area contributed by atoms with Crippen molar-refractivity contribution in [2.24, 2.45) is 0 Å². The summed E-state index contributed by atoms with van der Waals surface area (Å²) < 4.78 is 34.3. The minimum absolute atomic E-state index is 0.0306. The number of hydrogen-bond acceptors (Lipinski definition) is 7. The van der Waals surface area contributed by atoms with E-state index in [0.29, 0.717) is 24.1 Å². The van der Waals surface area contributed by atoms with Crippen LogP contribution in [-0.4, -0.2) is 70.7 Å². The Labute approximate surface area is 266 Å². The van der Waals surface area contributed by atoms with Gasteiger partial charge >= 0.3 is 5.97 Å². The number of unbranched alkanes of at least 4 members (excludes halogenated alkanes) is 19. The van der Waals surface area contributed by atoms with Crippen LogP contribution < -0.4 is 4.89 Å². The van der Waals surface area contributed by atoms with E-state index in [9.17, 15) is 14.3 Å². The van der Waals surface area contributed by atoms with E-state index in [1.54, 1.807) is 0 Å². The minimum Gasteiger partial charge on any atom is -0.756 e. The lowest BCUT2D eigenvalue weighted by atomic mass is 10.0. The number of quaternary nitrogens is 1. The van der Waals surface area contributed by atoms with Crippen LogP contribution in [0.15, 0.2) is 0 Å². The number of nitrogens with zero attached hydrogens (tertiary/aromatic N) is 1. The van der Waals surface area contributed by atoms with Crippen LogP contribution in [0.4, 0.5) is 0 Å². The molecule has 0 aliphatic heterocycles. The Kier molecular flexibility index (Phi) is 28.6. The second kappa shape index (κ2) is 28.9. The standard InChI is InChI=1S/C34H70NO7P/c1-6-8-10-12-14-16-17-18-19-21-23-25-27-34(36)42-33(32-41-43(37,38)40-30-28-35(3,4)5)31-39-29-26-24-22-20-15-13-11-9-7-2/h33H,6-32H2,1-5H3. The molecule has 0 bridgehead atoms. The van der Waals surface area contributed by atoms with Crippen molar-refractivity contribution in [3.63, 3.8) is 0 Å². The monoisotopic (exact) mass is 635 g/mol. The SMILES string of the molecule is CCCCCCCCCCCCCCC(=O)OC(COCCCCCCCCCCC)COP(=O)([O-])OCC[N+](C)(C)C. The average Bonchev–Trinajstić information content (AvgIpc) is 2.94. The highest BCUT2D eigenvalue weighted by atomic mass is 31.2. The number of rotatable bonds is 33. The smallest absolute Gasteiger partial charge is 0.306 e. The molecule has 0 radical (unpaired) electrons. The van der Waals surface area contributed by atoms with Gasteiger partial charge in [-0.3, -0.25) is 9.36 Å². The molecule has 0 N–H and O–H groups in total. The predicted molar refractivity (Wildman–Crippen MR) is 176 cm³/mol. The zero-order valence-electron chi connectivity index (χ0n) is 28.9. The topological polar surface area (TPSA) is 94.1 Å². The molecule has 0 heterocycles. The molecule has 0 aliphatic rings. The van der Waals surface area contributed by atoms with Gasteiger partial charge in [-0.15, -0.1) is 0 Å². The highest BCUT2D eigenvalue weighted by Crippen LogP contribution is 2.38. The van der Waals surface area contributed by atoms with Crippen LogP contribution in [0.1, 0.15) is 155 Å². The molecule has 9 heteroatoms. The van der Waals surface area contributed by atoms with Gasteiger partial charge in [0.25, 0.3) is 7.82 Å². The molecule has 0 aromatic carbocycles. The minimum atomic E-state index is -4.50.